The van der Waals surface area contributed by atoms with Crippen molar-refractivity contribution in [2.75, 3.05) is 0 Å². The van der Waals surface area contributed by atoms with Gasteiger partial charge in [-0.2, -0.15) is 5.10 Å². The van der Waals surface area contributed by atoms with E-state index in [9.17, 15) is 4.79 Å². The predicted octanol–water partition coefficient (Wildman–Crippen LogP) is 5.91. The first-order valence-corrected chi connectivity index (χ1v) is 9.33. The maximum atomic E-state index is 12.8. The van der Waals surface area contributed by atoms with Crippen molar-refractivity contribution in [3.8, 4) is 11.1 Å². The van der Waals surface area contributed by atoms with Gasteiger partial charge < -0.3 is 4.98 Å². The molecule has 4 aromatic rings. The lowest BCUT2D eigenvalue weighted by Gasteiger charge is -2.04. The van der Waals surface area contributed by atoms with Crippen LogP contribution >= 0.6 is 23.2 Å². The molecule has 0 unspecified atom stereocenters. The number of rotatable bonds is 4. The van der Waals surface area contributed by atoms with Gasteiger partial charge in [0.25, 0.3) is 5.91 Å². The number of aromatic amines is 1. The van der Waals surface area contributed by atoms with Crippen molar-refractivity contribution in [1.82, 2.24) is 10.4 Å². The van der Waals surface area contributed by atoms with Crippen LogP contribution in [-0.2, 0) is 0 Å². The molecule has 1 aromatic heterocycles. The number of hydrogen-bond donors (Lipinski definition) is 2. The molecule has 1 amide bonds. The standard InChI is InChI=1S/C22H15Cl2N3O/c23-16-10-11-19-17(12-16)20(14-6-2-1-3-7-14)21(26-19)22(28)27-25-13-15-8-4-5-9-18(15)24/h1-13,26H,(H,27,28)/b25-13+. The van der Waals surface area contributed by atoms with Crippen LogP contribution in [0.25, 0.3) is 22.0 Å². The zero-order chi connectivity index (χ0) is 19.5. The van der Waals surface area contributed by atoms with E-state index in [1.807, 2.05) is 60.7 Å². The highest BCUT2D eigenvalue weighted by atomic mass is 35.5. The Morgan fingerprint density at radius 2 is 1.71 bits per heavy atom. The Bertz CT molecular complexity index is 1180. The molecule has 0 bridgehead atoms. The summed E-state index contributed by atoms with van der Waals surface area (Å²) >= 11 is 12.3. The summed E-state index contributed by atoms with van der Waals surface area (Å²) in [5.41, 5.74) is 6.22. The summed E-state index contributed by atoms with van der Waals surface area (Å²) in [6.07, 6.45) is 1.52. The summed E-state index contributed by atoms with van der Waals surface area (Å²) in [5.74, 6) is -0.352. The molecule has 0 spiro atoms. The Labute approximate surface area is 171 Å². The monoisotopic (exact) mass is 407 g/mol. The number of carbonyl (C=O) groups is 1. The zero-order valence-electron chi connectivity index (χ0n) is 14.6. The van der Waals surface area contributed by atoms with Gasteiger partial charge in [0.2, 0.25) is 0 Å². The number of benzene rings is 3. The van der Waals surface area contributed by atoms with Crippen LogP contribution in [0, 0.1) is 0 Å². The van der Waals surface area contributed by atoms with Crippen molar-refractivity contribution < 1.29 is 4.79 Å². The highest BCUT2D eigenvalue weighted by Crippen LogP contribution is 2.34. The quantitative estimate of drug-likeness (QED) is 0.320. The summed E-state index contributed by atoms with van der Waals surface area (Å²) in [4.78, 5) is 16.0. The maximum Gasteiger partial charge on any atom is 0.288 e. The number of amides is 1. The second-order valence-corrected chi connectivity index (χ2v) is 7.00. The van der Waals surface area contributed by atoms with E-state index in [4.69, 9.17) is 23.2 Å². The molecule has 0 aliphatic rings. The molecule has 0 atom stereocenters. The molecule has 0 saturated heterocycles. The van der Waals surface area contributed by atoms with Gasteiger partial charge in [-0.05, 0) is 29.8 Å². The molecule has 0 saturated carbocycles. The van der Waals surface area contributed by atoms with Crippen LogP contribution < -0.4 is 5.43 Å². The van der Waals surface area contributed by atoms with Gasteiger partial charge in [-0.3, -0.25) is 4.79 Å². The first-order valence-electron chi connectivity index (χ1n) is 8.58. The molecule has 4 nitrogen and oxygen atoms in total. The Morgan fingerprint density at radius 3 is 2.50 bits per heavy atom. The average molecular weight is 408 g/mol. The van der Waals surface area contributed by atoms with Gasteiger partial charge in [0.1, 0.15) is 5.69 Å². The van der Waals surface area contributed by atoms with Crippen LogP contribution in [0.2, 0.25) is 10.0 Å². The number of hydrazone groups is 1. The maximum absolute atomic E-state index is 12.8. The van der Waals surface area contributed by atoms with Crippen molar-refractivity contribution >= 4 is 46.2 Å². The first-order chi connectivity index (χ1) is 13.6. The van der Waals surface area contributed by atoms with Gasteiger partial charge in [0, 0.05) is 32.1 Å². The molecule has 0 aliphatic heterocycles. The highest BCUT2D eigenvalue weighted by molar-refractivity contribution is 6.33. The summed E-state index contributed by atoms with van der Waals surface area (Å²) < 4.78 is 0. The van der Waals surface area contributed by atoms with Crippen LogP contribution in [0.3, 0.4) is 0 Å². The minimum atomic E-state index is -0.352. The number of hydrogen-bond acceptors (Lipinski definition) is 2. The predicted molar refractivity (Wildman–Crippen MR) is 115 cm³/mol. The van der Waals surface area contributed by atoms with E-state index >= 15 is 0 Å². The summed E-state index contributed by atoms with van der Waals surface area (Å²) in [7, 11) is 0. The lowest BCUT2D eigenvalue weighted by Crippen LogP contribution is -2.18. The van der Waals surface area contributed by atoms with Crippen LogP contribution in [0.5, 0.6) is 0 Å². The van der Waals surface area contributed by atoms with Crippen LogP contribution in [0.4, 0.5) is 0 Å². The average Bonchev–Trinajstić information content (AvgIpc) is 3.08. The van der Waals surface area contributed by atoms with Crippen LogP contribution in [-0.4, -0.2) is 17.1 Å². The van der Waals surface area contributed by atoms with Gasteiger partial charge in [0.15, 0.2) is 0 Å². The fourth-order valence-corrected chi connectivity index (χ4v) is 3.39. The van der Waals surface area contributed by atoms with Crippen LogP contribution in [0.1, 0.15) is 16.1 Å². The largest absolute Gasteiger partial charge is 0.350 e. The van der Waals surface area contributed by atoms with E-state index in [1.165, 1.54) is 6.21 Å². The molecule has 0 fully saturated rings. The second kappa shape index (κ2) is 7.89. The molecule has 4 rings (SSSR count). The van der Waals surface area contributed by atoms with E-state index in [0.29, 0.717) is 15.7 Å². The molecule has 0 radical (unpaired) electrons. The topological polar surface area (TPSA) is 57.2 Å². The van der Waals surface area contributed by atoms with E-state index in [2.05, 4.69) is 15.5 Å². The lowest BCUT2D eigenvalue weighted by molar-refractivity contribution is 0.0951. The molecule has 138 valence electrons. The summed E-state index contributed by atoms with van der Waals surface area (Å²) in [6, 6.07) is 22.4. The minimum absolute atomic E-state index is 0.352. The number of halogens is 2. The fourth-order valence-electron chi connectivity index (χ4n) is 3.04. The Morgan fingerprint density at radius 1 is 0.964 bits per heavy atom. The lowest BCUT2D eigenvalue weighted by atomic mass is 10.0. The molecule has 2 N–H and O–H groups in total. The Balaban J connectivity index is 1.72. The third-order valence-electron chi connectivity index (χ3n) is 4.33. The number of carbonyl (C=O) groups excluding carboxylic acids is 1. The van der Waals surface area contributed by atoms with Gasteiger partial charge in [-0.15, -0.1) is 0 Å². The number of fused-ring (bicyclic) bond motifs is 1. The van der Waals surface area contributed by atoms with E-state index in [-0.39, 0.29) is 5.91 Å². The smallest absolute Gasteiger partial charge is 0.288 e. The van der Waals surface area contributed by atoms with Gasteiger partial charge in [-0.1, -0.05) is 71.7 Å². The number of H-pyrrole nitrogens is 1. The number of aromatic nitrogens is 1. The van der Waals surface area contributed by atoms with E-state index in [0.717, 1.165) is 27.6 Å². The first kappa shape index (κ1) is 18.3. The SMILES string of the molecule is O=C(N/N=C/c1ccccc1Cl)c1[nH]c2ccc(Cl)cc2c1-c1ccccc1. The second-order valence-electron chi connectivity index (χ2n) is 6.15. The third-order valence-corrected chi connectivity index (χ3v) is 4.90. The Kier molecular flexibility index (Phi) is 5.15. The highest BCUT2D eigenvalue weighted by Gasteiger charge is 2.19. The number of nitrogens with one attached hydrogen (secondary N) is 2. The molecule has 0 aliphatic carbocycles. The van der Waals surface area contributed by atoms with Crippen molar-refractivity contribution in [3.63, 3.8) is 0 Å². The molecule has 3 aromatic carbocycles. The van der Waals surface area contributed by atoms with E-state index < -0.39 is 0 Å². The summed E-state index contributed by atoms with van der Waals surface area (Å²) in [5, 5.41) is 6.09. The fraction of sp³-hybridized carbons (Fsp3) is 0. The van der Waals surface area contributed by atoms with Crippen molar-refractivity contribution in [2.45, 2.75) is 0 Å². The van der Waals surface area contributed by atoms with Gasteiger partial charge >= 0.3 is 0 Å². The Hall–Kier alpha value is -3.08. The molecular weight excluding hydrogens is 393 g/mol. The number of nitrogens with zero attached hydrogens (tertiary/aromatic N) is 1. The molecule has 1 heterocycles. The third kappa shape index (κ3) is 3.65. The van der Waals surface area contributed by atoms with Crippen molar-refractivity contribution in [3.05, 3.63) is 94.1 Å². The van der Waals surface area contributed by atoms with Gasteiger partial charge in [0.05, 0.1) is 6.21 Å². The van der Waals surface area contributed by atoms with Crippen molar-refractivity contribution in [1.29, 1.82) is 0 Å². The van der Waals surface area contributed by atoms with Crippen LogP contribution in [0.15, 0.2) is 77.9 Å². The van der Waals surface area contributed by atoms with E-state index in [1.54, 1.807) is 12.1 Å². The molecule has 6 heteroatoms. The molecular formula is C22H15Cl2N3O. The minimum Gasteiger partial charge on any atom is -0.350 e. The summed E-state index contributed by atoms with van der Waals surface area (Å²) in [6.45, 7) is 0. The zero-order valence-corrected chi connectivity index (χ0v) is 16.1. The van der Waals surface area contributed by atoms with Gasteiger partial charge in [-0.25, -0.2) is 5.43 Å². The molecule has 28 heavy (non-hydrogen) atoms. The normalized spacial score (nSPS) is 11.2. The van der Waals surface area contributed by atoms with Crippen molar-refractivity contribution in [2.24, 2.45) is 5.10 Å².